The highest BCUT2D eigenvalue weighted by Crippen LogP contribution is 2.40. The molecule has 2 heterocycles. The van der Waals surface area contributed by atoms with Crippen LogP contribution in [0.5, 0.6) is 0 Å². The van der Waals surface area contributed by atoms with Gasteiger partial charge in [0.2, 0.25) is 0 Å². The van der Waals surface area contributed by atoms with Gasteiger partial charge in [-0.05, 0) is 29.8 Å². The van der Waals surface area contributed by atoms with Gasteiger partial charge in [-0.3, -0.25) is 4.79 Å². The minimum Gasteiger partial charge on any atom is -0.354 e. The van der Waals surface area contributed by atoms with Crippen molar-refractivity contribution in [2.24, 2.45) is 0 Å². The Labute approximate surface area is 153 Å². The first kappa shape index (κ1) is 15.5. The van der Waals surface area contributed by atoms with Gasteiger partial charge in [0.05, 0.1) is 5.52 Å². The fourth-order valence-electron chi connectivity index (χ4n) is 4.19. The number of pyridine rings is 1. The highest BCUT2D eigenvalue weighted by Gasteiger charge is 2.27. The van der Waals surface area contributed by atoms with Gasteiger partial charge in [0.25, 0.3) is 0 Å². The Bertz CT molecular complexity index is 1020. The predicted octanol–water partition coefficient (Wildman–Crippen LogP) is 3.59. The number of piperazine rings is 1. The third kappa shape index (κ3) is 2.26. The maximum atomic E-state index is 12.9. The largest absolute Gasteiger partial charge is 0.354 e. The Morgan fingerprint density at radius 3 is 2.38 bits per heavy atom. The van der Waals surface area contributed by atoms with E-state index in [-0.39, 0.29) is 5.78 Å². The summed E-state index contributed by atoms with van der Waals surface area (Å²) >= 11 is 0. The highest BCUT2D eigenvalue weighted by molar-refractivity contribution is 6.25. The number of carbonyl (C=O) groups excluding carboxylic acids is 1. The van der Waals surface area contributed by atoms with Gasteiger partial charge >= 0.3 is 0 Å². The predicted molar refractivity (Wildman–Crippen MR) is 105 cm³/mol. The van der Waals surface area contributed by atoms with Gasteiger partial charge in [0, 0.05) is 42.7 Å². The zero-order valence-corrected chi connectivity index (χ0v) is 14.9. The normalized spacial score (nSPS) is 16.8. The molecule has 130 valence electrons. The van der Waals surface area contributed by atoms with Crippen molar-refractivity contribution in [3.8, 4) is 11.1 Å². The van der Waals surface area contributed by atoms with E-state index in [1.165, 1.54) is 0 Å². The molecule has 0 amide bonds. The van der Waals surface area contributed by atoms with Crippen molar-refractivity contribution in [1.82, 2.24) is 9.88 Å². The molecule has 1 saturated heterocycles. The third-order valence-corrected chi connectivity index (χ3v) is 5.67. The van der Waals surface area contributed by atoms with Crippen LogP contribution in [0.25, 0.3) is 22.0 Å². The smallest absolute Gasteiger partial charge is 0.194 e. The van der Waals surface area contributed by atoms with Gasteiger partial charge in [-0.15, -0.1) is 0 Å². The molecular formula is C22H21N3O. The second-order valence-electron chi connectivity index (χ2n) is 7.02. The van der Waals surface area contributed by atoms with Crippen LogP contribution in [0.3, 0.4) is 0 Å². The number of hydrogen-bond donors (Lipinski definition) is 0. The fourth-order valence-corrected chi connectivity index (χ4v) is 4.19. The van der Waals surface area contributed by atoms with Crippen LogP contribution in [0.1, 0.15) is 22.8 Å². The van der Waals surface area contributed by atoms with Gasteiger partial charge in [-0.2, -0.15) is 0 Å². The molecule has 1 aliphatic carbocycles. The van der Waals surface area contributed by atoms with Crippen LogP contribution in [-0.2, 0) is 0 Å². The van der Waals surface area contributed by atoms with E-state index in [4.69, 9.17) is 4.98 Å². The van der Waals surface area contributed by atoms with Crippen molar-refractivity contribution in [2.45, 2.75) is 6.92 Å². The van der Waals surface area contributed by atoms with E-state index in [0.717, 1.165) is 71.7 Å². The fraction of sp³-hybridized carbons (Fsp3) is 0.273. The van der Waals surface area contributed by atoms with Gasteiger partial charge in [0.15, 0.2) is 5.78 Å². The molecule has 1 aliphatic heterocycles. The van der Waals surface area contributed by atoms with E-state index in [2.05, 4.69) is 28.9 Å². The molecule has 0 unspecified atom stereocenters. The molecule has 1 fully saturated rings. The summed E-state index contributed by atoms with van der Waals surface area (Å²) in [5.41, 5.74) is 4.63. The molecule has 4 heteroatoms. The van der Waals surface area contributed by atoms with Crippen LogP contribution in [0.2, 0.25) is 0 Å². The molecule has 26 heavy (non-hydrogen) atoms. The SMILES string of the molecule is CCN1CCN(c2cc3c4c(cccc4n2)C(=O)c2ccccc2-3)CC1. The lowest BCUT2D eigenvalue weighted by Gasteiger charge is -2.35. The molecule has 0 spiro atoms. The Morgan fingerprint density at radius 1 is 0.885 bits per heavy atom. The van der Waals surface area contributed by atoms with Gasteiger partial charge in [-0.25, -0.2) is 4.98 Å². The quantitative estimate of drug-likeness (QED) is 0.557. The summed E-state index contributed by atoms with van der Waals surface area (Å²) in [5, 5.41) is 0.993. The zero-order valence-electron chi connectivity index (χ0n) is 14.9. The van der Waals surface area contributed by atoms with E-state index < -0.39 is 0 Å². The standard InChI is InChI=1S/C22H21N3O/c1-2-24-10-12-25(13-11-24)20-14-18-15-6-3-4-7-16(15)22(26)17-8-5-9-19(23-20)21(17)18/h3-9,14H,2,10-13H2,1H3. The molecule has 3 aromatic rings. The number of carbonyl (C=O) groups is 1. The summed E-state index contributed by atoms with van der Waals surface area (Å²) in [6.07, 6.45) is 0. The summed E-state index contributed by atoms with van der Waals surface area (Å²) in [7, 11) is 0. The van der Waals surface area contributed by atoms with E-state index in [1.54, 1.807) is 0 Å². The summed E-state index contributed by atoms with van der Waals surface area (Å²) in [4.78, 5) is 22.7. The van der Waals surface area contributed by atoms with Crippen LogP contribution in [0.4, 0.5) is 5.82 Å². The van der Waals surface area contributed by atoms with E-state index in [0.29, 0.717) is 0 Å². The van der Waals surface area contributed by atoms with Crippen LogP contribution in [0.15, 0.2) is 48.5 Å². The molecule has 2 aromatic carbocycles. The first-order valence-corrected chi connectivity index (χ1v) is 9.31. The van der Waals surface area contributed by atoms with Gasteiger partial charge in [-0.1, -0.05) is 43.3 Å². The number of likely N-dealkylation sites (N-methyl/N-ethyl adjacent to an activating group) is 1. The Balaban J connectivity index is 1.69. The van der Waals surface area contributed by atoms with Crippen LogP contribution < -0.4 is 4.90 Å². The van der Waals surface area contributed by atoms with Crippen molar-refractivity contribution < 1.29 is 4.79 Å². The van der Waals surface area contributed by atoms with E-state index in [1.807, 2.05) is 36.4 Å². The minimum absolute atomic E-state index is 0.102. The summed E-state index contributed by atoms with van der Waals surface area (Å²) in [6.45, 7) is 7.44. The first-order chi connectivity index (χ1) is 12.8. The number of nitrogens with zero attached hydrogens (tertiary/aromatic N) is 3. The van der Waals surface area contributed by atoms with E-state index >= 15 is 0 Å². The second kappa shape index (κ2) is 5.92. The molecule has 1 aromatic heterocycles. The minimum atomic E-state index is 0.102. The molecule has 2 aliphatic rings. The van der Waals surface area contributed by atoms with Crippen LogP contribution >= 0.6 is 0 Å². The van der Waals surface area contributed by atoms with Crippen molar-refractivity contribution in [3.63, 3.8) is 0 Å². The Hall–Kier alpha value is -2.72. The molecule has 0 N–H and O–H groups in total. The molecular weight excluding hydrogens is 322 g/mol. The lowest BCUT2D eigenvalue weighted by Crippen LogP contribution is -2.46. The second-order valence-corrected chi connectivity index (χ2v) is 7.02. The van der Waals surface area contributed by atoms with Crippen molar-refractivity contribution in [1.29, 1.82) is 0 Å². The number of fused-ring (bicyclic) bond motifs is 2. The highest BCUT2D eigenvalue weighted by atomic mass is 16.1. The van der Waals surface area contributed by atoms with Crippen LogP contribution in [-0.4, -0.2) is 48.4 Å². The average Bonchev–Trinajstić information content (AvgIpc) is 2.71. The number of anilines is 1. The number of benzene rings is 2. The molecule has 0 atom stereocenters. The number of hydrogen-bond acceptors (Lipinski definition) is 4. The van der Waals surface area contributed by atoms with Crippen LogP contribution in [0, 0.1) is 0 Å². The Morgan fingerprint density at radius 2 is 1.62 bits per heavy atom. The summed E-state index contributed by atoms with van der Waals surface area (Å²) < 4.78 is 0. The van der Waals surface area contributed by atoms with E-state index in [9.17, 15) is 4.79 Å². The number of ketones is 1. The molecule has 4 nitrogen and oxygen atoms in total. The average molecular weight is 343 g/mol. The van der Waals surface area contributed by atoms with Gasteiger partial charge < -0.3 is 9.80 Å². The number of rotatable bonds is 2. The monoisotopic (exact) mass is 343 g/mol. The topological polar surface area (TPSA) is 36.4 Å². The van der Waals surface area contributed by atoms with Crippen molar-refractivity contribution in [3.05, 3.63) is 59.7 Å². The summed E-state index contributed by atoms with van der Waals surface area (Å²) in [6, 6.07) is 16.0. The van der Waals surface area contributed by atoms with Gasteiger partial charge in [0.1, 0.15) is 5.82 Å². The summed E-state index contributed by atoms with van der Waals surface area (Å²) in [5.74, 6) is 1.12. The maximum Gasteiger partial charge on any atom is 0.194 e. The van der Waals surface area contributed by atoms with Crippen molar-refractivity contribution in [2.75, 3.05) is 37.6 Å². The molecule has 0 saturated carbocycles. The lowest BCUT2D eigenvalue weighted by atomic mass is 9.84. The lowest BCUT2D eigenvalue weighted by molar-refractivity contribution is 0.104. The van der Waals surface area contributed by atoms with Crippen molar-refractivity contribution >= 4 is 22.5 Å². The molecule has 0 bridgehead atoms. The third-order valence-electron chi connectivity index (χ3n) is 5.67. The number of aromatic nitrogens is 1. The molecule has 0 radical (unpaired) electrons. The zero-order chi connectivity index (χ0) is 17.7. The molecule has 5 rings (SSSR count). The maximum absolute atomic E-state index is 12.9. The first-order valence-electron chi connectivity index (χ1n) is 9.31. The Kier molecular flexibility index (Phi) is 3.54.